The van der Waals surface area contributed by atoms with Crippen molar-refractivity contribution in [2.24, 2.45) is 0 Å². The molecule has 0 aliphatic heterocycles. The number of hydrogen-bond acceptors (Lipinski definition) is 4. The van der Waals surface area contributed by atoms with Crippen LogP contribution in [-0.2, 0) is 0 Å². The van der Waals surface area contributed by atoms with Crippen molar-refractivity contribution in [2.45, 2.75) is 19.8 Å². The van der Waals surface area contributed by atoms with E-state index in [1.54, 1.807) is 12.1 Å². The van der Waals surface area contributed by atoms with Crippen molar-refractivity contribution in [2.75, 3.05) is 23.8 Å². The van der Waals surface area contributed by atoms with E-state index in [9.17, 15) is 10.1 Å². The van der Waals surface area contributed by atoms with E-state index in [0.717, 1.165) is 18.2 Å². The van der Waals surface area contributed by atoms with Gasteiger partial charge in [0.05, 0.1) is 11.5 Å². The van der Waals surface area contributed by atoms with Crippen LogP contribution in [0.5, 0.6) is 5.75 Å². The molecule has 0 aliphatic carbocycles. The number of alkyl halides is 1. The summed E-state index contributed by atoms with van der Waals surface area (Å²) in [6.07, 6.45) is 1.99. The third-order valence-electron chi connectivity index (χ3n) is 2.35. The summed E-state index contributed by atoms with van der Waals surface area (Å²) in [5, 5.41) is 14.9. The summed E-state index contributed by atoms with van der Waals surface area (Å²) in [6, 6.07) is 4.76. The molecule has 0 heterocycles. The van der Waals surface area contributed by atoms with Gasteiger partial charge in [-0.2, -0.15) is 0 Å². The highest BCUT2D eigenvalue weighted by Crippen LogP contribution is 2.28. The average molecular weight is 317 g/mol. The molecule has 1 aromatic rings. The Morgan fingerprint density at radius 2 is 2.22 bits per heavy atom. The molecule has 0 spiro atoms. The van der Waals surface area contributed by atoms with Crippen molar-refractivity contribution in [3.63, 3.8) is 0 Å². The number of nitrogens with one attached hydrogen (secondary N) is 1. The van der Waals surface area contributed by atoms with Crippen LogP contribution in [0.1, 0.15) is 19.8 Å². The van der Waals surface area contributed by atoms with Gasteiger partial charge in [-0.3, -0.25) is 10.1 Å². The molecule has 18 heavy (non-hydrogen) atoms. The number of unbranched alkanes of at least 4 members (excludes halogenated alkanes) is 1. The van der Waals surface area contributed by atoms with E-state index < -0.39 is 0 Å². The van der Waals surface area contributed by atoms with Crippen LogP contribution in [0.3, 0.4) is 0 Å². The van der Waals surface area contributed by atoms with Gasteiger partial charge in [-0.05, 0) is 25.8 Å². The van der Waals surface area contributed by atoms with Crippen LogP contribution >= 0.6 is 15.9 Å². The molecular weight excluding hydrogens is 300 g/mol. The maximum atomic E-state index is 10.9. The highest BCUT2D eigenvalue weighted by molar-refractivity contribution is 9.09. The second kappa shape index (κ2) is 7.92. The highest BCUT2D eigenvalue weighted by Gasteiger charge is 2.14. The molecule has 1 aromatic carbocycles. The number of nitro groups is 1. The summed E-state index contributed by atoms with van der Waals surface area (Å²) >= 11 is 3.35. The lowest BCUT2D eigenvalue weighted by atomic mass is 10.2. The predicted octanol–water partition coefficient (Wildman–Crippen LogP) is 3.58. The van der Waals surface area contributed by atoms with Gasteiger partial charge in [0.25, 0.3) is 5.69 Å². The van der Waals surface area contributed by atoms with E-state index in [-0.39, 0.29) is 10.6 Å². The number of rotatable bonds is 8. The normalized spacial score (nSPS) is 10.1. The van der Waals surface area contributed by atoms with Crippen LogP contribution in [0, 0.1) is 10.1 Å². The quantitative estimate of drug-likeness (QED) is 0.344. The molecule has 0 saturated carbocycles. The van der Waals surface area contributed by atoms with Gasteiger partial charge in [-0.25, -0.2) is 0 Å². The van der Waals surface area contributed by atoms with Crippen molar-refractivity contribution < 1.29 is 9.66 Å². The molecule has 0 atom stereocenters. The molecule has 5 nitrogen and oxygen atoms in total. The van der Waals surface area contributed by atoms with E-state index in [4.69, 9.17) is 4.74 Å². The molecule has 0 unspecified atom stereocenters. The Balaban J connectivity index is 2.76. The highest BCUT2D eigenvalue weighted by atomic mass is 79.9. The Bertz CT molecular complexity index is 399. The lowest BCUT2D eigenvalue weighted by Gasteiger charge is -2.09. The maximum absolute atomic E-state index is 10.9. The van der Waals surface area contributed by atoms with Crippen molar-refractivity contribution in [3.8, 4) is 5.75 Å². The first-order valence-electron chi connectivity index (χ1n) is 5.90. The molecule has 0 saturated heterocycles. The Morgan fingerprint density at radius 3 is 2.83 bits per heavy atom. The largest absolute Gasteiger partial charge is 0.494 e. The third kappa shape index (κ3) is 4.52. The van der Waals surface area contributed by atoms with Gasteiger partial charge in [0.1, 0.15) is 11.4 Å². The van der Waals surface area contributed by atoms with E-state index in [2.05, 4.69) is 21.2 Å². The van der Waals surface area contributed by atoms with Crippen molar-refractivity contribution in [1.29, 1.82) is 0 Å². The first kappa shape index (κ1) is 14.8. The summed E-state index contributed by atoms with van der Waals surface area (Å²) in [6.45, 7) is 3.13. The topological polar surface area (TPSA) is 64.4 Å². The fraction of sp³-hybridized carbons (Fsp3) is 0.500. The lowest BCUT2D eigenvalue weighted by molar-refractivity contribution is -0.384. The van der Waals surface area contributed by atoms with E-state index in [0.29, 0.717) is 24.6 Å². The Hall–Kier alpha value is -1.30. The van der Waals surface area contributed by atoms with Gasteiger partial charge in [0, 0.05) is 24.0 Å². The second-order valence-electron chi connectivity index (χ2n) is 3.69. The zero-order valence-electron chi connectivity index (χ0n) is 10.3. The number of halogens is 1. The summed E-state index contributed by atoms with van der Waals surface area (Å²) in [5.74, 6) is 0.645. The Kier molecular flexibility index (Phi) is 6.49. The molecule has 1 N–H and O–H groups in total. The first-order valence-corrected chi connectivity index (χ1v) is 7.02. The molecule has 100 valence electrons. The Labute approximate surface area is 115 Å². The molecule has 0 amide bonds. The van der Waals surface area contributed by atoms with Crippen LogP contribution in [0.4, 0.5) is 11.4 Å². The predicted molar refractivity (Wildman–Crippen MR) is 75.8 cm³/mol. The zero-order chi connectivity index (χ0) is 13.4. The lowest BCUT2D eigenvalue weighted by Crippen LogP contribution is -2.05. The van der Waals surface area contributed by atoms with Crippen molar-refractivity contribution in [3.05, 3.63) is 28.3 Å². The van der Waals surface area contributed by atoms with E-state index in [1.165, 1.54) is 6.07 Å². The van der Waals surface area contributed by atoms with Crippen molar-refractivity contribution >= 4 is 27.3 Å². The second-order valence-corrected chi connectivity index (χ2v) is 4.48. The number of benzene rings is 1. The monoisotopic (exact) mass is 316 g/mol. The maximum Gasteiger partial charge on any atom is 0.292 e. The number of hydrogen-bond donors (Lipinski definition) is 1. The minimum absolute atomic E-state index is 0.0808. The number of nitrogens with zero attached hydrogens (tertiary/aromatic N) is 1. The first-order chi connectivity index (χ1) is 8.69. The fourth-order valence-corrected chi connectivity index (χ4v) is 1.91. The molecule has 0 aromatic heterocycles. The van der Waals surface area contributed by atoms with Crippen LogP contribution in [0.2, 0.25) is 0 Å². The molecule has 0 radical (unpaired) electrons. The molecule has 6 heteroatoms. The van der Waals surface area contributed by atoms with Crippen LogP contribution in [0.15, 0.2) is 18.2 Å². The van der Waals surface area contributed by atoms with Gasteiger partial charge in [0.2, 0.25) is 0 Å². The molecule has 0 aliphatic rings. The molecule has 0 bridgehead atoms. The summed E-state index contributed by atoms with van der Waals surface area (Å²) in [5.41, 5.74) is 0.595. The van der Waals surface area contributed by atoms with Gasteiger partial charge in [-0.15, -0.1) is 0 Å². The smallest absolute Gasteiger partial charge is 0.292 e. The van der Waals surface area contributed by atoms with Gasteiger partial charge < -0.3 is 10.1 Å². The van der Waals surface area contributed by atoms with Crippen LogP contribution in [0.25, 0.3) is 0 Å². The van der Waals surface area contributed by atoms with E-state index in [1.807, 2.05) is 6.92 Å². The zero-order valence-corrected chi connectivity index (χ0v) is 11.9. The number of nitro benzene ring substituents is 1. The fourth-order valence-electron chi connectivity index (χ4n) is 1.51. The van der Waals surface area contributed by atoms with Crippen molar-refractivity contribution in [1.82, 2.24) is 0 Å². The summed E-state index contributed by atoms with van der Waals surface area (Å²) in [7, 11) is 0. The molecular formula is C12H17BrN2O3. The minimum atomic E-state index is -0.386. The van der Waals surface area contributed by atoms with Crippen LogP contribution < -0.4 is 10.1 Å². The van der Waals surface area contributed by atoms with E-state index >= 15 is 0 Å². The summed E-state index contributed by atoms with van der Waals surface area (Å²) in [4.78, 5) is 10.5. The third-order valence-corrected chi connectivity index (χ3v) is 2.91. The minimum Gasteiger partial charge on any atom is -0.494 e. The van der Waals surface area contributed by atoms with Gasteiger partial charge in [0.15, 0.2) is 0 Å². The standard InChI is InChI=1S/C12H17BrN2O3/c1-2-18-10-5-6-12(15(16)17)11(9-10)14-8-4-3-7-13/h5-6,9,14H,2-4,7-8H2,1H3. The number of ether oxygens (including phenoxy) is 1. The molecule has 1 rings (SSSR count). The van der Waals surface area contributed by atoms with Gasteiger partial charge in [-0.1, -0.05) is 15.9 Å². The SMILES string of the molecule is CCOc1ccc([N+](=O)[O-])c(NCCCCBr)c1. The van der Waals surface area contributed by atoms with Crippen LogP contribution in [-0.4, -0.2) is 23.4 Å². The summed E-state index contributed by atoms with van der Waals surface area (Å²) < 4.78 is 5.34. The van der Waals surface area contributed by atoms with Gasteiger partial charge >= 0.3 is 0 Å². The number of anilines is 1. The Morgan fingerprint density at radius 1 is 1.44 bits per heavy atom. The average Bonchev–Trinajstić information content (AvgIpc) is 2.35. The molecule has 0 fully saturated rings.